The molecule has 20 heavy (non-hydrogen) atoms. The molecule has 5 nitrogen and oxygen atoms in total. The molecule has 2 rings (SSSR count). The summed E-state index contributed by atoms with van der Waals surface area (Å²) in [6, 6.07) is 4.66. The maximum absolute atomic E-state index is 13.4. The van der Waals surface area contributed by atoms with E-state index in [9.17, 15) is 18.7 Å². The lowest BCUT2D eigenvalue weighted by Crippen LogP contribution is -2.29. The van der Waals surface area contributed by atoms with Gasteiger partial charge < -0.3 is 14.9 Å². The molecular weight excluding hydrogens is 270 g/mol. The second kappa shape index (κ2) is 5.79. The van der Waals surface area contributed by atoms with Crippen LogP contribution in [0.4, 0.5) is 8.78 Å². The van der Waals surface area contributed by atoms with Crippen molar-refractivity contribution in [1.82, 2.24) is 10.5 Å². The summed E-state index contributed by atoms with van der Waals surface area (Å²) in [5.74, 6) is -1.89. The van der Waals surface area contributed by atoms with Crippen molar-refractivity contribution < 1.29 is 23.2 Å². The third-order valence-corrected chi connectivity index (χ3v) is 2.65. The molecule has 0 aliphatic carbocycles. The van der Waals surface area contributed by atoms with Gasteiger partial charge in [0.2, 0.25) is 0 Å². The molecular formula is C13H12F2N2O3. The van der Waals surface area contributed by atoms with Crippen LogP contribution in [-0.4, -0.2) is 22.7 Å². The fourth-order valence-electron chi connectivity index (χ4n) is 1.68. The Bertz CT molecular complexity index is 608. The molecule has 0 spiro atoms. The summed E-state index contributed by atoms with van der Waals surface area (Å²) in [6.45, 7) is 1.27. The van der Waals surface area contributed by atoms with Gasteiger partial charge >= 0.3 is 0 Å². The van der Waals surface area contributed by atoms with Gasteiger partial charge in [0, 0.05) is 12.6 Å². The summed E-state index contributed by atoms with van der Waals surface area (Å²) < 4.78 is 31.5. The van der Waals surface area contributed by atoms with Crippen molar-refractivity contribution in [2.45, 2.75) is 13.0 Å². The van der Waals surface area contributed by atoms with Crippen LogP contribution < -0.4 is 5.32 Å². The van der Waals surface area contributed by atoms with Crippen molar-refractivity contribution in [2.24, 2.45) is 0 Å². The van der Waals surface area contributed by atoms with Crippen LogP contribution in [-0.2, 0) is 0 Å². The van der Waals surface area contributed by atoms with Crippen LogP contribution in [0.1, 0.15) is 27.9 Å². The summed E-state index contributed by atoms with van der Waals surface area (Å²) in [6.07, 6.45) is -1.49. The molecule has 0 aliphatic rings. The number of rotatable bonds is 4. The van der Waals surface area contributed by atoms with Crippen molar-refractivity contribution in [2.75, 3.05) is 6.54 Å². The average Bonchev–Trinajstić information content (AvgIpc) is 2.82. The van der Waals surface area contributed by atoms with Gasteiger partial charge in [-0.15, -0.1) is 0 Å². The molecule has 1 unspecified atom stereocenters. The number of benzene rings is 1. The molecule has 2 aromatic rings. The number of carbonyl (C=O) groups is 1. The zero-order chi connectivity index (χ0) is 14.7. The van der Waals surface area contributed by atoms with Crippen LogP contribution in [0.25, 0.3) is 0 Å². The Kier molecular flexibility index (Phi) is 4.09. The number of hydrogen-bond donors (Lipinski definition) is 2. The van der Waals surface area contributed by atoms with E-state index in [-0.39, 0.29) is 12.2 Å². The first kappa shape index (κ1) is 14.1. The van der Waals surface area contributed by atoms with Gasteiger partial charge in [0.05, 0.1) is 5.56 Å². The molecule has 106 valence electrons. The predicted octanol–water partition coefficient (Wildman–Crippen LogP) is 1.72. The lowest BCUT2D eigenvalue weighted by atomic mass is 10.1. The van der Waals surface area contributed by atoms with E-state index in [1.807, 2.05) is 0 Å². The molecule has 0 saturated heterocycles. The van der Waals surface area contributed by atoms with E-state index in [4.69, 9.17) is 4.52 Å². The second-order valence-electron chi connectivity index (χ2n) is 4.18. The largest absolute Gasteiger partial charge is 0.386 e. The summed E-state index contributed by atoms with van der Waals surface area (Å²) in [4.78, 5) is 11.6. The van der Waals surface area contributed by atoms with Gasteiger partial charge in [-0.25, -0.2) is 8.78 Å². The maximum atomic E-state index is 13.4. The van der Waals surface area contributed by atoms with Crippen LogP contribution in [0, 0.1) is 18.6 Å². The second-order valence-corrected chi connectivity index (χ2v) is 4.18. The van der Waals surface area contributed by atoms with Gasteiger partial charge in [0.15, 0.2) is 5.69 Å². The first-order chi connectivity index (χ1) is 9.49. The van der Waals surface area contributed by atoms with Crippen LogP contribution in [0.5, 0.6) is 0 Å². The lowest BCUT2D eigenvalue weighted by Gasteiger charge is -2.13. The first-order valence-electron chi connectivity index (χ1n) is 5.82. The molecule has 0 radical (unpaired) electrons. The van der Waals surface area contributed by atoms with Crippen LogP contribution in [0.3, 0.4) is 0 Å². The van der Waals surface area contributed by atoms with E-state index in [0.717, 1.165) is 12.1 Å². The number of hydrogen-bond acceptors (Lipinski definition) is 4. The van der Waals surface area contributed by atoms with Crippen LogP contribution in [0.15, 0.2) is 28.8 Å². The molecule has 1 heterocycles. The Labute approximate surface area is 113 Å². The molecule has 0 aliphatic heterocycles. The molecule has 1 aromatic heterocycles. The highest BCUT2D eigenvalue weighted by molar-refractivity contribution is 5.92. The fraction of sp³-hybridized carbons (Fsp3) is 0.231. The van der Waals surface area contributed by atoms with Crippen LogP contribution in [0.2, 0.25) is 0 Å². The van der Waals surface area contributed by atoms with Gasteiger partial charge in [0.1, 0.15) is 23.5 Å². The Balaban J connectivity index is 2.02. The SMILES string of the molecule is Cc1cc(C(=O)NCC(O)c2c(F)cccc2F)no1. The van der Waals surface area contributed by atoms with Gasteiger partial charge in [0.25, 0.3) is 5.91 Å². The van der Waals surface area contributed by atoms with Gasteiger partial charge in [-0.05, 0) is 19.1 Å². The van der Waals surface area contributed by atoms with E-state index in [1.54, 1.807) is 6.92 Å². The monoisotopic (exact) mass is 282 g/mol. The van der Waals surface area contributed by atoms with Crippen LogP contribution >= 0.6 is 0 Å². The summed E-state index contributed by atoms with van der Waals surface area (Å²) in [5.41, 5.74) is -0.451. The highest BCUT2D eigenvalue weighted by atomic mass is 19.1. The van der Waals surface area contributed by atoms with Crippen molar-refractivity contribution in [3.05, 3.63) is 52.9 Å². The first-order valence-corrected chi connectivity index (χ1v) is 5.82. The van der Waals surface area contributed by atoms with Gasteiger partial charge in [-0.1, -0.05) is 11.2 Å². The number of amides is 1. The molecule has 1 amide bonds. The lowest BCUT2D eigenvalue weighted by molar-refractivity contribution is 0.0902. The zero-order valence-corrected chi connectivity index (χ0v) is 10.6. The van der Waals surface area contributed by atoms with E-state index in [1.165, 1.54) is 12.1 Å². The summed E-state index contributed by atoms with van der Waals surface area (Å²) in [5, 5.41) is 15.5. The normalized spacial score (nSPS) is 12.2. The number of aromatic nitrogens is 1. The number of halogens is 2. The van der Waals surface area contributed by atoms with Crippen molar-refractivity contribution in [3.63, 3.8) is 0 Å². The number of nitrogens with zero attached hydrogens (tertiary/aromatic N) is 1. The topological polar surface area (TPSA) is 75.4 Å². The Morgan fingerprint density at radius 1 is 1.45 bits per heavy atom. The Hall–Kier alpha value is -2.28. The number of aryl methyl sites for hydroxylation is 1. The average molecular weight is 282 g/mol. The number of carbonyl (C=O) groups excluding carboxylic acids is 1. The molecule has 7 heteroatoms. The van der Waals surface area contributed by atoms with E-state index >= 15 is 0 Å². The van der Waals surface area contributed by atoms with Crippen molar-refractivity contribution in [1.29, 1.82) is 0 Å². The van der Waals surface area contributed by atoms with Gasteiger partial charge in [-0.2, -0.15) is 0 Å². The minimum absolute atomic E-state index is 0.0312. The number of nitrogens with one attached hydrogen (secondary N) is 1. The van der Waals surface area contributed by atoms with E-state index in [2.05, 4.69) is 10.5 Å². The number of aliphatic hydroxyl groups excluding tert-OH is 1. The molecule has 2 N–H and O–H groups in total. The molecule has 0 bridgehead atoms. The van der Waals surface area contributed by atoms with E-state index in [0.29, 0.717) is 5.76 Å². The minimum Gasteiger partial charge on any atom is -0.386 e. The third-order valence-electron chi connectivity index (χ3n) is 2.65. The summed E-state index contributed by atoms with van der Waals surface area (Å²) in [7, 11) is 0. The standard InChI is InChI=1S/C13H12F2N2O3/c1-7-5-10(17-20-7)13(19)16-6-11(18)12-8(14)3-2-4-9(12)15/h2-5,11,18H,6H2,1H3,(H,16,19). The molecule has 0 fully saturated rings. The maximum Gasteiger partial charge on any atom is 0.273 e. The summed E-state index contributed by atoms with van der Waals surface area (Å²) >= 11 is 0. The quantitative estimate of drug-likeness (QED) is 0.895. The molecule has 1 aromatic carbocycles. The molecule has 0 saturated carbocycles. The predicted molar refractivity (Wildman–Crippen MR) is 64.9 cm³/mol. The highest BCUT2D eigenvalue weighted by Crippen LogP contribution is 2.20. The minimum atomic E-state index is -1.49. The smallest absolute Gasteiger partial charge is 0.273 e. The zero-order valence-electron chi connectivity index (χ0n) is 10.6. The Morgan fingerprint density at radius 3 is 2.65 bits per heavy atom. The van der Waals surface area contributed by atoms with Crippen molar-refractivity contribution >= 4 is 5.91 Å². The fourth-order valence-corrected chi connectivity index (χ4v) is 1.68. The van der Waals surface area contributed by atoms with Crippen molar-refractivity contribution in [3.8, 4) is 0 Å². The third kappa shape index (κ3) is 3.00. The van der Waals surface area contributed by atoms with E-state index < -0.39 is 29.2 Å². The van der Waals surface area contributed by atoms with Gasteiger partial charge in [-0.3, -0.25) is 4.79 Å². The number of aliphatic hydroxyl groups is 1. The highest BCUT2D eigenvalue weighted by Gasteiger charge is 2.19. The Morgan fingerprint density at radius 2 is 2.10 bits per heavy atom. The molecule has 1 atom stereocenters.